The highest BCUT2D eigenvalue weighted by atomic mass is 32.2. The van der Waals surface area contributed by atoms with Gasteiger partial charge in [-0.05, 0) is 50.5 Å². The Balaban J connectivity index is 2.73. The summed E-state index contributed by atoms with van der Waals surface area (Å²) in [5.74, 6) is 1.66. The van der Waals surface area contributed by atoms with E-state index in [4.69, 9.17) is 4.74 Å². The number of methoxy groups -OCH3 is 1. The zero-order valence-electron chi connectivity index (χ0n) is 15.2. The largest absolute Gasteiger partial charge is 0.497 e. The van der Waals surface area contributed by atoms with Crippen LogP contribution in [0.5, 0.6) is 5.75 Å². The molecular weight excluding hydrogens is 326 g/mol. The summed E-state index contributed by atoms with van der Waals surface area (Å²) in [5, 5.41) is 6.43. The van der Waals surface area contributed by atoms with Gasteiger partial charge >= 0.3 is 0 Å². The van der Waals surface area contributed by atoms with Crippen LogP contribution < -0.4 is 15.4 Å². The molecule has 0 aromatic heterocycles. The molecule has 0 saturated carbocycles. The van der Waals surface area contributed by atoms with Crippen LogP contribution in [0.1, 0.15) is 31.4 Å². The van der Waals surface area contributed by atoms with Crippen molar-refractivity contribution in [1.29, 1.82) is 0 Å². The van der Waals surface area contributed by atoms with Gasteiger partial charge in [0.05, 0.1) is 19.4 Å². The van der Waals surface area contributed by atoms with Gasteiger partial charge in [0, 0.05) is 18.8 Å². The molecule has 0 aliphatic heterocycles. The van der Waals surface area contributed by atoms with E-state index in [0.717, 1.165) is 23.4 Å². The van der Waals surface area contributed by atoms with Crippen LogP contribution in [0.25, 0.3) is 0 Å². The molecule has 2 N–H and O–H groups in total. The van der Waals surface area contributed by atoms with Crippen molar-refractivity contribution in [2.75, 3.05) is 25.7 Å². The maximum Gasteiger partial charge on any atom is 0.191 e. The molecule has 0 spiro atoms. The molecule has 0 radical (unpaired) electrons. The molecule has 0 aliphatic rings. The standard InChI is InChI=1S/C17H29N3O3S/c1-6-18-17(20-14(3)7-8-24(5,21)22)19-12-15-9-13(2)10-16(11-15)23-4/h9-11,14H,6-8,12H2,1-5H3,(H2,18,19,20). The van der Waals surface area contributed by atoms with Gasteiger partial charge in [0.25, 0.3) is 0 Å². The Morgan fingerprint density at radius 3 is 2.62 bits per heavy atom. The fraction of sp³-hybridized carbons (Fsp3) is 0.588. The number of aliphatic imine (C=N–C) groups is 1. The van der Waals surface area contributed by atoms with Crippen molar-refractivity contribution >= 4 is 15.8 Å². The molecule has 0 bridgehead atoms. The third-order valence-corrected chi connectivity index (χ3v) is 4.39. The van der Waals surface area contributed by atoms with Crippen LogP contribution >= 0.6 is 0 Å². The molecule has 1 aromatic carbocycles. The summed E-state index contributed by atoms with van der Waals surface area (Å²) in [6.45, 7) is 7.22. The van der Waals surface area contributed by atoms with E-state index in [1.807, 2.05) is 32.9 Å². The Hall–Kier alpha value is -1.76. The third kappa shape index (κ3) is 8.19. The molecule has 1 aromatic rings. The normalized spacial score (nSPS) is 13.5. The summed E-state index contributed by atoms with van der Waals surface area (Å²) in [5.41, 5.74) is 2.19. The second-order valence-corrected chi connectivity index (χ2v) is 8.28. The van der Waals surface area contributed by atoms with Crippen molar-refractivity contribution < 1.29 is 13.2 Å². The monoisotopic (exact) mass is 355 g/mol. The minimum Gasteiger partial charge on any atom is -0.497 e. The van der Waals surface area contributed by atoms with Crippen LogP contribution in [0.4, 0.5) is 0 Å². The number of hydrogen-bond acceptors (Lipinski definition) is 4. The first kappa shape index (κ1) is 20.3. The number of hydrogen-bond donors (Lipinski definition) is 2. The Morgan fingerprint density at radius 1 is 1.33 bits per heavy atom. The van der Waals surface area contributed by atoms with Gasteiger partial charge in [0.2, 0.25) is 0 Å². The van der Waals surface area contributed by atoms with E-state index >= 15 is 0 Å². The first-order valence-electron chi connectivity index (χ1n) is 8.10. The predicted octanol–water partition coefficient (Wildman–Crippen LogP) is 1.88. The quantitative estimate of drug-likeness (QED) is 0.550. The highest BCUT2D eigenvalue weighted by Crippen LogP contribution is 2.17. The van der Waals surface area contributed by atoms with Crippen molar-refractivity contribution in [2.24, 2.45) is 4.99 Å². The molecule has 136 valence electrons. The minimum absolute atomic E-state index is 0.0181. The predicted molar refractivity (Wildman–Crippen MR) is 99.5 cm³/mol. The minimum atomic E-state index is -2.95. The van der Waals surface area contributed by atoms with Crippen molar-refractivity contribution in [3.8, 4) is 5.75 Å². The van der Waals surface area contributed by atoms with Crippen LogP contribution in [0.2, 0.25) is 0 Å². The number of nitrogens with one attached hydrogen (secondary N) is 2. The Bertz CT molecular complexity index is 657. The van der Waals surface area contributed by atoms with Gasteiger partial charge < -0.3 is 15.4 Å². The zero-order valence-corrected chi connectivity index (χ0v) is 16.0. The number of aryl methyl sites for hydroxylation is 1. The summed E-state index contributed by atoms with van der Waals surface area (Å²) in [6, 6.07) is 6.03. The van der Waals surface area contributed by atoms with Gasteiger partial charge in [0.1, 0.15) is 15.6 Å². The molecule has 1 rings (SSSR count). The SMILES string of the molecule is CCNC(=NCc1cc(C)cc(OC)c1)NC(C)CCS(C)(=O)=O. The summed E-state index contributed by atoms with van der Waals surface area (Å²) >= 11 is 0. The lowest BCUT2D eigenvalue weighted by molar-refractivity contribution is 0.414. The highest BCUT2D eigenvalue weighted by Gasteiger charge is 2.09. The highest BCUT2D eigenvalue weighted by molar-refractivity contribution is 7.90. The lowest BCUT2D eigenvalue weighted by atomic mass is 10.1. The van der Waals surface area contributed by atoms with Gasteiger partial charge in [-0.15, -0.1) is 0 Å². The van der Waals surface area contributed by atoms with E-state index in [1.54, 1.807) is 7.11 Å². The Labute approximate surface area is 145 Å². The molecule has 0 aliphatic carbocycles. The van der Waals surface area contributed by atoms with Crippen LogP contribution in [-0.4, -0.2) is 46.1 Å². The maximum atomic E-state index is 11.3. The number of guanidine groups is 1. The van der Waals surface area contributed by atoms with E-state index in [9.17, 15) is 8.42 Å². The van der Waals surface area contributed by atoms with Crippen molar-refractivity contribution in [3.05, 3.63) is 29.3 Å². The second kappa shape index (κ2) is 9.52. The summed E-state index contributed by atoms with van der Waals surface area (Å²) in [4.78, 5) is 4.57. The van der Waals surface area contributed by atoms with Crippen LogP contribution in [0.15, 0.2) is 23.2 Å². The number of benzene rings is 1. The van der Waals surface area contributed by atoms with Crippen molar-refractivity contribution in [1.82, 2.24) is 10.6 Å². The van der Waals surface area contributed by atoms with Crippen LogP contribution in [0.3, 0.4) is 0 Å². The fourth-order valence-electron chi connectivity index (χ4n) is 2.22. The third-order valence-electron chi connectivity index (χ3n) is 3.42. The zero-order chi connectivity index (χ0) is 18.2. The first-order valence-corrected chi connectivity index (χ1v) is 10.2. The molecule has 0 saturated heterocycles. The molecule has 1 unspecified atom stereocenters. The molecule has 7 heteroatoms. The van der Waals surface area contributed by atoms with Crippen molar-refractivity contribution in [2.45, 2.75) is 39.8 Å². The van der Waals surface area contributed by atoms with E-state index in [-0.39, 0.29) is 11.8 Å². The number of nitrogens with zero attached hydrogens (tertiary/aromatic N) is 1. The van der Waals surface area contributed by atoms with Gasteiger partial charge in [-0.2, -0.15) is 0 Å². The second-order valence-electron chi connectivity index (χ2n) is 6.02. The van der Waals surface area contributed by atoms with Gasteiger partial charge in [0.15, 0.2) is 5.96 Å². The lowest BCUT2D eigenvalue weighted by Crippen LogP contribution is -2.42. The number of rotatable bonds is 8. The van der Waals surface area contributed by atoms with E-state index in [1.165, 1.54) is 6.26 Å². The van der Waals surface area contributed by atoms with Crippen LogP contribution in [-0.2, 0) is 16.4 Å². The summed E-state index contributed by atoms with van der Waals surface area (Å²) < 4.78 is 27.8. The maximum absolute atomic E-state index is 11.3. The molecule has 24 heavy (non-hydrogen) atoms. The van der Waals surface area contributed by atoms with Crippen molar-refractivity contribution in [3.63, 3.8) is 0 Å². The van der Waals surface area contributed by atoms with E-state index in [0.29, 0.717) is 18.9 Å². The van der Waals surface area contributed by atoms with Gasteiger partial charge in [-0.3, -0.25) is 0 Å². The number of ether oxygens (including phenoxy) is 1. The molecule has 0 amide bonds. The first-order chi connectivity index (χ1) is 11.2. The Morgan fingerprint density at radius 2 is 2.04 bits per heavy atom. The summed E-state index contributed by atoms with van der Waals surface area (Å²) in [7, 11) is -1.30. The fourth-order valence-corrected chi connectivity index (χ4v) is 3.00. The van der Waals surface area contributed by atoms with Crippen LogP contribution in [0, 0.1) is 6.92 Å². The average Bonchev–Trinajstić information content (AvgIpc) is 2.49. The Kier molecular flexibility index (Phi) is 8.04. The van der Waals surface area contributed by atoms with Gasteiger partial charge in [-0.1, -0.05) is 6.07 Å². The van der Waals surface area contributed by atoms with E-state index < -0.39 is 9.84 Å². The molecule has 1 atom stereocenters. The smallest absolute Gasteiger partial charge is 0.191 e. The van der Waals surface area contributed by atoms with E-state index in [2.05, 4.69) is 21.7 Å². The molecule has 0 fully saturated rings. The molecule has 0 heterocycles. The molecule has 6 nitrogen and oxygen atoms in total. The molecular formula is C17H29N3O3S. The topological polar surface area (TPSA) is 79.8 Å². The average molecular weight is 356 g/mol. The van der Waals surface area contributed by atoms with Gasteiger partial charge in [-0.25, -0.2) is 13.4 Å². The lowest BCUT2D eigenvalue weighted by Gasteiger charge is -2.17. The number of sulfone groups is 1. The summed E-state index contributed by atoms with van der Waals surface area (Å²) in [6.07, 6.45) is 1.80.